The smallest absolute Gasteiger partial charge is 0.234 e. The minimum atomic E-state index is -0.317. The van der Waals surface area contributed by atoms with Crippen molar-refractivity contribution in [3.8, 4) is 0 Å². The SMILES string of the molecule is CCNC(=O)CN1CCCN(c2ncnc(CC)c2F)CC1. The number of aromatic nitrogens is 2. The zero-order valence-electron chi connectivity index (χ0n) is 13.3. The molecule has 1 aliphatic rings. The van der Waals surface area contributed by atoms with Crippen LogP contribution in [0.15, 0.2) is 6.33 Å². The van der Waals surface area contributed by atoms with Crippen LogP contribution in [-0.2, 0) is 11.2 Å². The van der Waals surface area contributed by atoms with Gasteiger partial charge in [-0.05, 0) is 19.8 Å². The number of nitrogens with one attached hydrogen (secondary N) is 1. The second-order valence-electron chi connectivity index (χ2n) is 5.38. The number of carbonyl (C=O) groups is 1. The van der Waals surface area contributed by atoms with Gasteiger partial charge in [0.05, 0.1) is 12.2 Å². The molecule has 1 aromatic heterocycles. The number of hydrogen-bond donors (Lipinski definition) is 1. The van der Waals surface area contributed by atoms with Crippen LogP contribution in [0.25, 0.3) is 0 Å². The summed E-state index contributed by atoms with van der Waals surface area (Å²) in [4.78, 5) is 23.8. The summed E-state index contributed by atoms with van der Waals surface area (Å²) in [5.41, 5.74) is 0.452. The molecule has 122 valence electrons. The third-order valence-electron chi connectivity index (χ3n) is 3.81. The first-order valence-corrected chi connectivity index (χ1v) is 7.89. The summed E-state index contributed by atoms with van der Waals surface area (Å²) in [5.74, 6) is 0.103. The van der Waals surface area contributed by atoms with Crippen LogP contribution in [0.1, 0.15) is 26.0 Å². The van der Waals surface area contributed by atoms with E-state index in [1.807, 2.05) is 18.7 Å². The van der Waals surface area contributed by atoms with E-state index in [4.69, 9.17) is 0 Å². The van der Waals surface area contributed by atoms with Gasteiger partial charge in [-0.1, -0.05) is 6.92 Å². The van der Waals surface area contributed by atoms with Gasteiger partial charge in [0.1, 0.15) is 6.33 Å². The zero-order chi connectivity index (χ0) is 15.9. The Labute approximate surface area is 130 Å². The molecule has 0 atom stereocenters. The van der Waals surface area contributed by atoms with Gasteiger partial charge in [-0.2, -0.15) is 0 Å². The van der Waals surface area contributed by atoms with E-state index in [-0.39, 0.29) is 11.7 Å². The van der Waals surface area contributed by atoms with Crippen LogP contribution in [-0.4, -0.2) is 60.0 Å². The maximum absolute atomic E-state index is 14.4. The number of rotatable bonds is 5. The number of likely N-dealkylation sites (N-methyl/N-ethyl adjacent to an activating group) is 1. The Morgan fingerprint density at radius 2 is 2.09 bits per heavy atom. The van der Waals surface area contributed by atoms with Crippen molar-refractivity contribution in [1.29, 1.82) is 0 Å². The second-order valence-corrected chi connectivity index (χ2v) is 5.38. The lowest BCUT2D eigenvalue weighted by atomic mass is 10.3. The van der Waals surface area contributed by atoms with Crippen molar-refractivity contribution >= 4 is 11.7 Å². The molecule has 0 radical (unpaired) electrons. The lowest BCUT2D eigenvalue weighted by Crippen LogP contribution is -2.39. The van der Waals surface area contributed by atoms with E-state index in [2.05, 4.69) is 20.2 Å². The Hall–Kier alpha value is -1.76. The predicted octanol–water partition coefficient (Wildman–Crippen LogP) is 0.826. The Kier molecular flexibility index (Phi) is 6.06. The van der Waals surface area contributed by atoms with Crippen molar-refractivity contribution in [2.75, 3.05) is 44.2 Å². The fourth-order valence-corrected chi connectivity index (χ4v) is 2.66. The minimum absolute atomic E-state index is 0.0393. The third-order valence-corrected chi connectivity index (χ3v) is 3.81. The van der Waals surface area contributed by atoms with Crippen LogP contribution < -0.4 is 10.2 Å². The molecule has 0 unspecified atom stereocenters. The molecule has 1 aromatic rings. The Morgan fingerprint density at radius 3 is 2.82 bits per heavy atom. The molecule has 2 heterocycles. The van der Waals surface area contributed by atoms with Gasteiger partial charge in [0.2, 0.25) is 5.91 Å². The zero-order valence-corrected chi connectivity index (χ0v) is 13.3. The second kappa shape index (κ2) is 8.03. The quantitative estimate of drug-likeness (QED) is 0.873. The number of hydrogen-bond acceptors (Lipinski definition) is 5. The average Bonchev–Trinajstić information content (AvgIpc) is 2.73. The van der Waals surface area contributed by atoms with Crippen LogP contribution in [0, 0.1) is 5.82 Å². The third kappa shape index (κ3) is 4.13. The normalized spacial score (nSPS) is 16.4. The first-order chi connectivity index (χ1) is 10.7. The van der Waals surface area contributed by atoms with Crippen molar-refractivity contribution in [2.45, 2.75) is 26.7 Å². The molecular formula is C15H24FN5O. The molecule has 1 amide bonds. The summed E-state index contributed by atoms with van der Waals surface area (Å²) in [6, 6.07) is 0. The van der Waals surface area contributed by atoms with Crippen LogP contribution in [0.2, 0.25) is 0 Å². The van der Waals surface area contributed by atoms with Gasteiger partial charge in [0.25, 0.3) is 0 Å². The summed E-state index contributed by atoms with van der Waals surface area (Å²) >= 11 is 0. The van der Waals surface area contributed by atoms with Gasteiger partial charge in [0, 0.05) is 32.7 Å². The standard InChI is InChI=1S/C15H24FN5O/c1-3-12-14(16)15(19-11-18-12)21-7-5-6-20(8-9-21)10-13(22)17-4-2/h11H,3-10H2,1-2H3,(H,17,22). The van der Waals surface area contributed by atoms with E-state index in [9.17, 15) is 9.18 Å². The number of aryl methyl sites for hydroxylation is 1. The molecule has 6 nitrogen and oxygen atoms in total. The Bertz CT molecular complexity index is 511. The molecule has 0 aliphatic carbocycles. The summed E-state index contributed by atoms with van der Waals surface area (Å²) in [6.45, 7) is 7.79. The number of carbonyl (C=O) groups excluding carboxylic acids is 1. The van der Waals surface area contributed by atoms with E-state index in [1.54, 1.807) is 0 Å². The first kappa shape index (κ1) is 16.6. The van der Waals surface area contributed by atoms with Gasteiger partial charge < -0.3 is 10.2 Å². The molecule has 2 rings (SSSR count). The highest BCUT2D eigenvalue weighted by atomic mass is 19.1. The molecule has 1 fully saturated rings. The van der Waals surface area contributed by atoms with Gasteiger partial charge >= 0.3 is 0 Å². The molecule has 7 heteroatoms. The van der Waals surface area contributed by atoms with E-state index in [1.165, 1.54) is 6.33 Å². The van der Waals surface area contributed by atoms with Gasteiger partial charge in [-0.3, -0.25) is 9.69 Å². The fraction of sp³-hybridized carbons (Fsp3) is 0.667. The largest absolute Gasteiger partial charge is 0.355 e. The fourth-order valence-electron chi connectivity index (χ4n) is 2.66. The predicted molar refractivity (Wildman–Crippen MR) is 83.3 cm³/mol. The van der Waals surface area contributed by atoms with Crippen molar-refractivity contribution in [3.05, 3.63) is 17.8 Å². The maximum atomic E-state index is 14.4. The summed E-state index contributed by atoms with van der Waals surface area (Å²) in [7, 11) is 0. The van der Waals surface area contributed by atoms with Crippen LogP contribution >= 0.6 is 0 Å². The minimum Gasteiger partial charge on any atom is -0.355 e. The molecule has 0 aromatic carbocycles. The van der Waals surface area contributed by atoms with E-state index in [0.29, 0.717) is 37.6 Å². The highest BCUT2D eigenvalue weighted by Gasteiger charge is 2.21. The van der Waals surface area contributed by atoms with E-state index < -0.39 is 0 Å². The van der Waals surface area contributed by atoms with Gasteiger partial charge in [0.15, 0.2) is 11.6 Å². The summed E-state index contributed by atoms with van der Waals surface area (Å²) in [5, 5.41) is 2.81. The average molecular weight is 309 g/mol. The maximum Gasteiger partial charge on any atom is 0.234 e. The topological polar surface area (TPSA) is 61.4 Å². The highest BCUT2D eigenvalue weighted by molar-refractivity contribution is 5.77. The number of amides is 1. The molecule has 0 saturated carbocycles. The molecule has 1 N–H and O–H groups in total. The number of nitrogens with zero attached hydrogens (tertiary/aromatic N) is 4. The number of anilines is 1. The highest BCUT2D eigenvalue weighted by Crippen LogP contribution is 2.19. The van der Waals surface area contributed by atoms with Gasteiger partial charge in [-0.25, -0.2) is 14.4 Å². The van der Waals surface area contributed by atoms with Crippen LogP contribution in [0.4, 0.5) is 10.2 Å². The number of halogens is 1. The molecule has 1 aliphatic heterocycles. The van der Waals surface area contributed by atoms with Gasteiger partial charge in [-0.15, -0.1) is 0 Å². The summed E-state index contributed by atoms with van der Waals surface area (Å²) in [6.07, 6.45) is 2.86. The van der Waals surface area contributed by atoms with Crippen molar-refractivity contribution in [3.63, 3.8) is 0 Å². The first-order valence-electron chi connectivity index (χ1n) is 7.89. The van der Waals surface area contributed by atoms with Crippen LogP contribution in [0.3, 0.4) is 0 Å². The molecule has 22 heavy (non-hydrogen) atoms. The Balaban J connectivity index is 2.00. The lowest BCUT2D eigenvalue weighted by Gasteiger charge is -2.23. The van der Waals surface area contributed by atoms with Crippen molar-refractivity contribution in [2.24, 2.45) is 0 Å². The van der Waals surface area contributed by atoms with Crippen molar-refractivity contribution in [1.82, 2.24) is 20.2 Å². The molecular weight excluding hydrogens is 285 g/mol. The molecule has 0 spiro atoms. The Morgan fingerprint density at radius 1 is 1.27 bits per heavy atom. The van der Waals surface area contributed by atoms with Crippen LogP contribution in [0.5, 0.6) is 0 Å². The summed E-state index contributed by atoms with van der Waals surface area (Å²) < 4.78 is 14.4. The lowest BCUT2D eigenvalue weighted by molar-refractivity contribution is -0.122. The monoisotopic (exact) mass is 309 g/mol. The molecule has 0 bridgehead atoms. The van der Waals surface area contributed by atoms with E-state index >= 15 is 0 Å². The molecule has 1 saturated heterocycles. The van der Waals surface area contributed by atoms with E-state index in [0.717, 1.165) is 26.1 Å². The van der Waals surface area contributed by atoms with Crippen molar-refractivity contribution < 1.29 is 9.18 Å².